The van der Waals surface area contributed by atoms with Gasteiger partial charge < -0.3 is 19.5 Å². The zero-order valence-corrected chi connectivity index (χ0v) is 12.3. The second-order valence-corrected chi connectivity index (χ2v) is 4.27. The topological polar surface area (TPSA) is 74.6 Å². The van der Waals surface area contributed by atoms with Crippen molar-refractivity contribution in [1.29, 1.82) is 0 Å². The van der Waals surface area contributed by atoms with Gasteiger partial charge in [0.15, 0.2) is 11.5 Å². The van der Waals surface area contributed by atoms with Crippen LogP contribution in [0.25, 0.3) is 0 Å². The Bertz CT molecular complexity index is 626. The standard InChI is InChI=1S/C14H17N3O4/c1-17-8-9(7-15-17)14(18)16-10-5-11(19-2)13(21-4)12(6-10)20-3/h5-8H,1-4H3,(H,16,18). The van der Waals surface area contributed by atoms with Crippen LogP contribution in [0, 0.1) is 0 Å². The third kappa shape index (κ3) is 3.07. The van der Waals surface area contributed by atoms with Crippen LogP contribution in [0.5, 0.6) is 17.2 Å². The number of aromatic nitrogens is 2. The second kappa shape index (κ2) is 6.17. The Morgan fingerprint density at radius 3 is 2.19 bits per heavy atom. The summed E-state index contributed by atoms with van der Waals surface area (Å²) in [6.07, 6.45) is 3.13. The van der Waals surface area contributed by atoms with E-state index in [4.69, 9.17) is 14.2 Å². The predicted molar refractivity (Wildman–Crippen MR) is 77.3 cm³/mol. The number of methoxy groups -OCH3 is 3. The van der Waals surface area contributed by atoms with E-state index in [0.717, 1.165) is 0 Å². The number of benzene rings is 1. The molecule has 0 aliphatic carbocycles. The Kier molecular flexibility index (Phi) is 4.32. The lowest BCUT2D eigenvalue weighted by atomic mass is 10.2. The van der Waals surface area contributed by atoms with Crippen LogP contribution in [0.3, 0.4) is 0 Å². The molecule has 0 spiro atoms. The quantitative estimate of drug-likeness (QED) is 0.907. The van der Waals surface area contributed by atoms with Crippen LogP contribution in [-0.4, -0.2) is 37.0 Å². The minimum atomic E-state index is -0.266. The number of carbonyl (C=O) groups excluding carboxylic acids is 1. The fraction of sp³-hybridized carbons (Fsp3) is 0.286. The van der Waals surface area contributed by atoms with Gasteiger partial charge >= 0.3 is 0 Å². The molecule has 0 aliphatic rings. The van der Waals surface area contributed by atoms with Crippen molar-refractivity contribution in [1.82, 2.24) is 9.78 Å². The molecule has 1 N–H and O–H groups in total. The lowest BCUT2D eigenvalue weighted by molar-refractivity contribution is 0.102. The summed E-state index contributed by atoms with van der Waals surface area (Å²) < 4.78 is 17.3. The van der Waals surface area contributed by atoms with Crippen LogP contribution in [0.15, 0.2) is 24.5 Å². The van der Waals surface area contributed by atoms with Gasteiger partial charge in [-0.1, -0.05) is 0 Å². The summed E-state index contributed by atoms with van der Waals surface area (Å²) >= 11 is 0. The molecule has 0 fully saturated rings. The molecule has 112 valence electrons. The van der Waals surface area contributed by atoms with E-state index in [1.54, 1.807) is 30.1 Å². The molecule has 0 radical (unpaired) electrons. The number of carbonyl (C=O) groups is 1. The zero-order chi connectivity index (χ0) is 15.4. The van der Waals surface area contributed by atoms with Gasteiger partial charge in [-0.3, -0.25) is 9.48 Å². The molecule has 0 bridgehead atoms. The molecule has 0 saturated carbocycles. The number of anilines is 1. The molecule has 1 amide bonds. The van der Waals surface area contributed by atoms with Crippen molar-refractivity contribution in [3.8, 4) is 17.2 Å². The number of aryl methyl sites for hydroxylation is 1. The van der Waals surface area contributed by atoms with Crippen molar-refractivity contribution < 1.29 is 19.0 Å². The van der Waals surface area contributed by atoms with Gasteiger partial charge in [0.25, 0.3) is 5.91 Å². The number of hydrogen-bond donors (Lipinski definition) is 1. The molecule has 0 atom stereocenters. The third-order valence-electron chi connectivity index (χ3n) is 2.89. The lowest BCUT2D eigenvalue weighted by Crippen LogP contribution is -2.11. The van der Waals surface area contributed by atoms with Crippen molar-refractivity contribution in [2.45, 2.75) is 0 Å². The highest BCUT2D eigenvalue weighted by Gasteiger charge is 2.15. The number of hydrogen-bond acceptors (Lipinski definition) is 5. The highest BCUT2D eigenvalue weighted by atomic mass is 16.5. The van der Waals surface area contributed by atoms with Crippen LogP contribution in [0.2, 0.25) is 0 Å². The molecule has 1 heterocycles. The Balaban J connectivity index is 2.29. The van der Waals surface area contributed by atoms with E-state index in [0.29, 0.717) is 28.5 Å². The summed E-state index contributed by atoms with van der Waals surface area (Å²) in [7, 11) is 6.30. The predicted octanol–water partition coefficient (Wildman–Crippen LogP) is 1.70. The van der Waals surface area contributed by atoms with Gasteiger partial charge in [-0.05, 0) is 0 Å². The van der Waals surface area contributed by atoms with E-state index in [9.17, 15) is 4.79 Å². The Morgan fingerprint density at radius 2 is 1.76 bits per heavy atom. The van der Waals surface area contributed by atoms with Crippen molar-refractivity contribution in [3.63, 3.8) is 0 Å². The first-order valence-electron chi connectivity index (χ1n) is 6.19. The Labute approximate surface area is 122 Å². The van der Waals surface area contributed by atoms with Crippen LogP contribution in [-0.2, 0) is 7.05 Å². The number of rotatable bonds is 5. The van der Waals surface area contributed by atoms with Gasteiger partial charge in [-0.2, -0.15) is 5.10 Å². The van der Waals surface area contributed by atoms with E-state index >= 15 is 0 Å². The van der Waals surface area contributed by atoms with Crippen LogP contribution >= 0.6 is 0 Å². The summed E-state index contributed by atoms with van der Waals surface area (Å²) in [6.45, 7) is 0. The highest BCUT2D eigenvalue weighted by Crippen LogP contribution is 2.39. The van der Waals surface area contributed by atoms with Crippen molar-refractivity contribution in [3.05, 3.63) is 30.1 Å². The van der Waals surface area contributed by atoms with E-state index < -0.39 is 0 Å². The van der Waals surface area contributed by atoms with Crippen LogP contribution < -0.4 is 19.5 Å². The maximum atomic E-state index is 12.1. The third-order valence-corrected chi connectivity index (χ3v) is 2.89. The smallest absolute Gasteiger partial charge is 0.258 e. The van der Waals surface area contributed by atoms with Crippen molar-refractivity contribution >= 4 is 11.6 Å². The molecule has 1 aromatic heterocycles. The molecule has 7 heteroatoms. The first-order valence-corrected chi connectivity index (χ1v) is 6.19. The minimum Gasteiger partial charge on any atom is -0.493 e. The molecule has 1 aromatic carbocycles. The second-order valence-electron chi connectivity index (χ2n) is 4.27. The lowest BCUT2D eigenvalue weighted by Gasteiger charge is -2.14. The maximum absolute atomic E-state index is 12.1. The minimum absolute atomic E-state index is 0.266. The Morgan fingerprint density at radius 1 is 1.14 bits per heavy atom. The van der Waals surface area contributed by atoms with Crippen molar-refractivity contribution in [2.75, 3.05) is 26.6 Å². The molecule has 2 aromatic rings. The van der Waals surface area contributed by atoms with Gasteiger partial charge in [-0.15, -0.1) is 0 Å². The molecular formula is C14H17N3O4. The van der Waals surface area contributed by atoms with E-state index in [-0.39, 0.29) is 5.91 Å². The fourth-order valence-corrected chi connectivity index (χ4v) is 1.89. The SMILES string of the molecule is COc1cc(NC(=O)c2cnn(C)c2)cc(OC)c1OC. The van der Waals surface area contributed by atoms with E-state index in [1.165, 1.54) is 27.5 Å². The van der Waals surface area contributed by atoms with Crippen LogP contribution in [0.1, 0.15) is 10.4 Å². The van der Waals surface area contributed by atoms with Gasteiger partial charge in [0, 0.05) is 31.1 Å². The highest BCUT2D eigenvalue weighted by molar-refractivity contribution is 6.04. The maximum Gasteiger partial charge on any atom is 0.258 e. The molecule has 0 aliphatic heterocycles. The number of ether oxygens (including phenoxy) is 3. The van der Waals surface area contributed by atoms with Gasteiger partial charge in [0.05, 0.1) is 33.1 Å². The van der Waals surface area contributed by atoms with Gasteiger partial charge in [0.1, 0.15) is 0 Å². The summed E-state index contributed by atoms with van der Waals surface area (Å²) in [5.41, 5.74) is 1.00. The fourth-order valence-electron chi connectivity index (χ4n) is 1.89. The first-order chi connectivity index (χ1) is 10.1. The number of nitrogens with one attached hydrogen (secondary N) is 1. The average molecular weight is 291 g/mol. The summed E-state index contributed by atoms with van der Waals surface area (Å²) in [5.74, 6) is 1.15. The van der Waals surface area contributed by atoms with E-state index in [1.807, 2.05) is 0 Å². The molecule has 21 heavy (non-hydrogen) atoms. The zero-order valence-electron chi connectivity index (χ0n) is 12.3. The molecule has 2 rings (SSSR count). The molecule has 0 saturated heterocycles. The average Bonchev–Trinajstić information content (AvgIpc) is 2.92. The summed E-state index contributed by atoms with van der Waals surface area (Å²) in [6, 6.07) is 3.32. The largest absolute Gasteiger partial charge is 0.493 e. The monoisotopic (exact) mass is 291 g/mol. The summed E-state index contributed by atoms with van der Waals surface area (Å²) in [5, 5.41) is 6.73. The molecule has 0 unspecified atom stereocenters. The summed E-state index contributed by atoms with van der Waals surface area (Å²) in [4.78, 5) is 12.1. The normalized spacial score (nSPS) is 10.1. The van der Waals surface area contributed by atoms with Gasteiger partial charge in [-0.25, -0.2) is 0 Å². The first kappa shape index (κ1) is 14.7. The van der Waals surface area contributed by atoms with Crippen molar-refractivity contribution in [2.24, 2.45) is 7.05 Å². The molecular weight excluding hydrogens is 274 g/mol. The van der Waals surface area contributed by atoms with Crippen LogP contribution in [0.4, 0.5) is 5.69 Å². The number of amides is 1. The Hall–Kier alpha value is -2.70. The molecule has 7 nitrogen and oxygen atoms in total. The number of nitrogens with zero attached hydrogens (tertiary/aromatic N) is 2. The van der Waals surface area contributed by atoms with E-state index in [2.05, 4.69) is 10.4 Å². The van der Waals surface area contributed by atoms with Gasteiger partial charge in [0.2, 0.25) is 5.75 Å².